The second kappa shape index (κ2) is 6.14. The number of Topliss-reactive ketones (excluding diaryl/α,β-unsaturated/α-hetero) is 1. The van der Waals surface area contributed by atoms with Crippen molar-refractivity contribution >= 4 is 11.6 Å². The molecule has 1 heterocycles. The Morgan fingerprint density at radius 2 is 1.86 bits per heavy atom. The maximum absolute atomic E-state index is 13.7. The van der Waals surface area contributed by atoms with Gasteiger partial charge in [-0.2, -0.15) is 0 Å². The average molecular weight is 382 g/mol. The molecule has 0 radical (unpaired) electrons. The molecular formula is C25H35NO2. The first kappa shape index (κ1) is 18.8. The molecule has 28 heavy (non-hydrogen) atoms. The Kier molecular flexibility index (Phi) is 4.12. The van der Waals surface area contributed by atoms with Crippen molar-refractivity contribution in [2.24, 2.45) is 34.0 Å². The molecule has 3 heteroatoms. The Bertz CT molecular complexity index is 763. The first-order valence-electron chi connectivity index (χ1n) is 11.5. The number of carbonyl (C=O) groups excluding carboxylic acids is 2. The van der Waals surface area contributed by atoms with Gasteiger partial charge >= 0.3 is 0 Å². The second-order valence-corrected chi connectivity index (χ2v) is 11.0. The van der Waals surface area contributed by atoms with E-state index in [-0.39, 0.29) is 33.9 Å². The van der Waals surface area contributed by atoms with Crippen LogP contribution < -0.4 is 0 Å². The van der Waals surface area contributed by atoms with Crippen LogP contribution in [-0.4, -0.2) is 36.1 Å². The van der Waals surface area contributed by atoms with E-state index in [2.05, 4.69) is 31.4 Å². The van der Waals surface area contributed by atoms with Crippen LogP contribution in [0.3, 0.4) is 0 Å². The number of hydrogen-bond acceptors (Lipinski definition) is 3. The maximum atomic E-state index is 13.7. The summed E-state index contributed by atoms with van der Waals surface area (Å²) < 4.78 is 0. The van der Waals surface area contributed by atoms with Gasteiger partial charge in [-0.05, 0) is 92.4 Å². The van der Waals surface area contributed by atoms with Crippen molar-refractivity contribution in [3.05, 3.63) is 24.3 Å². The molecule has 2 bridgehead atoms. The third-order valence-electron chi connectivity index (χ3n) is 9.62. The van der Waals surface area contributed by atoms with Gasteiger partial charge in [-0.15, -0.1) is 0 Å². The quantitative estimate of drug-likeness (QED) is 0.657. The standard InChI is InChI=1S/C25H35NO2/c1-17-18-7-12-25-16-23(2,10-9-21(25)24(18,3)11-8-20(17)27)22(28)19(25)15-26-13-5-4-6-14-26/h8,11,18-19,21H,1,4-7,9-10,12-16H2,2-3H3/t18-,19-,21+,23+,24-,25-/m1/s1. The van der Waals surface area contributed by atoms with Crippen molar-refractivity contribution in [3.63, 3.8) is 0 Å². The fourth-order valence-corrected chi connectivity index (χ4v) is 8.26. The van der Waals surface area contributed by atoms with Crippen molar-refractivity contribution < 1.29 is 9.59 Å². The zero-order valence-electron chi connectivity index (χ0n) is 17.6. The second-order valence-electron chi connectivity index (χ2n) is 11.0. The number of rotatable bonds is 2. The highest BCUT2D eigenvalue weighted by Crippen LogP contribution is 2.72. The highest BCUT2D eigenvalue weighted by atomic mass is 16.1. The van der Waals surface area contributed by atoms with E-state index in [1.54, 1.807) is 6.08 Å². The van der Waals surface area contributed by atoms with E-state index in [0.29, 0.717) is 11.7 Å². The molecule has 4 aliphatic carbocycles. The van der Waals surface area contributed by atoms with Crippen LogP contribution in [0.2, 0.25) is 0 Å². The van der Waals surface area contributed by atoms with E-state index in [0.717, 1.165) is 57.3 Å². The summed E-state index contributed by atoms with van der Waals surface area (Å²) in [4.78, 5) is 28.6. The molecule has 5 aliphatic rings. The molecule has 152 valence electrons. The van der Waals surface area contributed by atoms with Crippen LogP contribution in [0.25, 0.3) is 0 Å². The Morgan fingerprint density at radius 3 is 2.61 bits per heavy atom. The first-order valence-corrected chi connectivity index (χ1v) is 11.5. The lowest BCUT2D eigenvalue weighted by Crippen LogP contribution is -2.55. The summed E-state index contributed by atoms with van der Waals surface area (Å²) >= 11 is 0. The van der Waals surface area contributed by atoms with Gasteiger partial charge in [-0.25, -0.2) is 0 Å². The minimum absolute atomic E-state index is 0.0185. The molecule has 4 fully saturated rings. The number of likely N-dealkylation sites (tertiary alicyclic amines) is 1. The summed E-state index contributed by atoms with van der Waals surface area (Å²) in [6.07, 6.45) is 13.2. The summed E-state index contributed by atoms with van der Waals surface area (Å²) in [7, 11) is 0. The number of hydrogen-bond donors (Lipinski definition) is 0. The predicted molar refractivity (Wildman–Crippen MR) is 111 cm³/mol. The molecular weight excluding hydrogens is 346 g/mol. The normalized spacial score (nSPS) is 48.5. The topological polar surface area (TPSA) is 37.4 Å². The molecule has 3 saturated carbocycles. The maximum Gasteiger partial charge on any atom is 0.181 e. The molecule has 3 nitrogen and oxygen atoms in total. The summed E-state index contributed by atoms with van der Waals surface area (Å²) in [6.45, 7) is 12.1. The fourth-order valence-electron chi connectivity index (χ4n) is 8.26. The average Bonchev–Trinajstić information content (AvgIpc) is 2.83. The van der Waals surface area contributed by atoms with Gasteiger partial charge in [0.2, 0.25) is 0 Å². The van der Waals surface area contributed by atoms with Crippen molar-refractivity contribution in [2.75, 3.05) is 19.6 Å². The molecule has 1 saturated heterocycles. The third kappa shape index (κ3) is 2.38. The van der Waals surface area contributed by atoms with E-state index < -0.39 is 0 Å². The molecule has 0 amide bonds. The van der Waals surface area contributed by atoms with Gasteiger partial charge in [0.05, 0.1) is 0 Å². The van der Waals surface area contributed by atoms with E-state index in [1.807, 2.05) is 0 Å². The Morgan fingerprint density at radius 1 is 1.11 bits per heavy atom. The van der Waals surface area contributed by atoms with E-state index in [1.165, 1.54) is 19.3 Å². The van der Waals surface area contributed by atoms with Crippen LogP contribution in [0, 0.1) is 34.0 Å². The molecule has 0 aromatic heterocycles. The lowest BCUT2D eigenvalue weighted by molar-refractivity contribution is -0.130. The zero-order chi connectivity index (χ0) is 19.7. The number of fused-ring (bicyclic) bond motifs is 3. The Labute approximate surface area is 169 Å². The lowest BCUT2D eigenvalue weighted by atomic mass is 9.43. The molecule has 1 spiro atoms. The molecule has 0 aromatic carbocycles. The van der Waals surface area contributed by atoms with Crippen LogP contribution in [0.4, 0.5) is 0 Å². The van der Waals surface area contributed by atoms with Gasteiger partial charge < -0.3 is 4.90 Å². The molecule has 0 aromatic rings. The number of allylic oxidation sites excluding steroid dienone is 3. The van der Waals surface area contributed by atoms with Gasteiger partial charge in [-0.1, -0.05) is 32.9 Å². The van der Waals surface area contributed by atoms with Crippen LogP contribution in [0.5, 0.6) is 0 Å². The number of piperidine rings is 1. The first-order chi connectivity index (χ1) is 13.3. The number of ketones is 2. The van der Waals surface area contributed by atoms with Gasteiger partial charge in [0, 0.05) is 17.9 Å². The van der Waals surface area contributed by atoms with E-state index >= 15 is 0 Å². The van der Waals surface area contributed by atoms with E-state index in [4.69, 9.17) is 0 Å². The SMILES string of the molecule is C=C1C(=O)C=C[C@]2(C)[C@@H]1CC[C@]13C[C@](C)(CC[C@@H]21)C(=O)[C@H]3CN1CCCCC1. The van der Waals surface area contributed by atoms with Gasteiger partial charge in [0.25, 0.3) is 0 Å². The fraction of sp³-hybridized carbons (Fsp3) is 0.760. The summed E-state index contributed by atoms with van der Waals surface area (Å²) in [6, 6.07) is 0. The largest absolute Gasteiger partial charge is 0.303 e. The van der Waals surface area contributed by atoms with Crippen LogP contribution in [-0.2, 0) is 9.59 Å². The summed E-state index contributed by atoms with van der Waals surface area (Å²) in [5.74, 6) is 1.61. The highest BCUT2D eigenvalue weighted by molar-refractivity contribution is 6.05. The van der Waals surface area contributed by atoms with Gasteiger partial charge in [0.1, 0.15) is 5.78 Å². The van der Waals surface area contributed by atoms with E-state index in [9.17, 15) is 9.59 Å². The van der Waals surface area contributed by atoms with Crippen LogP contribution in [0.15, 0.2) is 24.3 Å². The Balaban J connectivity index is 1.54. The summed E-state index contributed by atoms with van der Waals surface area (Å²) in [5.41, 5.74) is 0.795. The highest BCUT2D eigenvalue weighted by Gasteiger charge is 2.69. The molecule has 0 unspecified atom stereocenters. The summed E-state index contributed by atoms with van der Waals surface area (Å²) in [5, 5.41) is 0. The van der Waals surface area contributed by atoms with Crippen molar-refractivity contribution in [1.82, 2.24) is 4.90 Å². The molecule has 0 N–H and O–H groups in total. The minimum Gasteiger partial charge on any atom is -0.303 e. The van der Waals surface area contributed by atoms with Crippen LogP contribution >= 0.6 is 0 Å². The van der Waals surface area contributed by atoms with Crippen molar-refractivity contribution in [1.29, 1.82) is 0 Å². The van der Waals surface area contributed by atoms with Crippen molar-refractivity contribution in [3.8, 4) is 0 Å². The molecule has 6 atom stereocenters. The number of carbonyl (C=O) groups is 2. The van der Waals surface area contributed by atoms with Gasteiger partial charge in [-0.3, -0.25) is 9.59 Å². The number of nitrogens with zero attached hydrogens (tertiary/aromatic N) is 1. The third-order valence-corrected chi connectivity index (χ3v) is 9.62. The minimum atomic E-state index is -0.120. The predicted octanol–water partition coefficient (Wildman–Crippen LogP) is 4.58. The van der Waals surface area contributed by atoms with Gasteiger partial charge in [0.15, 0.2) is 5.78 Å². The lowest BCUT2D eigenvalue weighted by Gasteiger charge is -2.60. The molecule has 1 aliphatic heterocycles. The van der Waals surface area contributed by atoms with Crippen molar-refractivity contribution in [2.45, 2.75) is 65.2 Å². The molecule has 5 rings (SSSR count). The Hall–Kier alpha value is -1.22. The monoisotopic (exact) mass is 381 g/mol. The smallest absolute Gasteiger partial charge is 0.181 e. The van der Waals surface area contributed by atoms with Crippen LogP contribution in [0.1, 0.15) is 65.2 Å². The zero-order valence-corrected chi connectivity index (χ0v) is 17.6.